The maximum Gasteiger partial charge on any atom is 0.490 e. The molecule has 2 aromatic rings. The summed E-state index contributed by atoms with van der Waals surface area (Å²) < 4.78 is 37.3. The number of alkyl halides is 3. The fourth-order valence-corrected chi connectivity index (χ4v) is 4.89. The summed E-state index contributed by atoms with van der Waals surface area (Å²) in [6.45, 7) is 5.03. The van der Waals surface area contributed by atoms with Crippen LogP contribution in [-0.2, 0) is 9.53 Å². The van der Waals surface area contributed by atoms with Gasteiger partial charge in [0.1, 0.15) is 5.69 Å². The number of rotatable bonds is 2. The van der Waals surface area contributed by atoms with Gasteiger partial charge in [-0.3, -0.25) is 14.7 Å². The number of ether oxygens (including phenoxy) is 1. The first-order valence-electron chi connectivity index (χ1n) is 10.5. The van der Waals surface area contributed by atoms with E-state index in [0.717, 1.165) is 39.4 Å². The van der Waals surface area contributed by atoms with Crippen LogP contribution in [0.15, 0.2) is 42.9 Å². The normalized spacial score (nSPS) is 24.5. The van der Waals surface area contributed by atoms with E-state index in [4.69, 9.17) is 14.6 Å². The number of aliphatic carboxylic acids is 1. The molecule has 0 saturated carbocycles. The average molecular weight is 464 g/mol. The second kappa shape index (κ2) is 9.44. The number of morpholine rings is 1. The van der Waals surface area contributed by atoms with Crippen LogP contribution < -0.4 is 0 Å². The Morgan fingerprint density at radius 3 is 2.33 bits per heavy atom. The summed E-state index contributed by atoms with van der Waals surface area (Å²) in [4.78, 5) is 34.5. The van der Waals surface area contributed by atoms with Crippen molar-refractivity contribution >= 4 is 11.9 Å². The predicted molar refractivity (Wildman–Crippen MR) is 109 cm³/mol. The predicted octanol–water partition coefficient (Wildman–Crippen LogP) is 2.35. The molecule has 2 aliphatic heterocycles. The highest BCUT2D eigenvalue weighted by atomic mass is 19.4. The van der Waals surface area contributed by atoms with Crippen LogP contribution in [0.25, 0.3) is 0 Å². The second-order valence-electron chi connectivity index (χ2n) is 8.10. The largest absolute Gasteiger partial charge is 0.490 e. The van der Waals surface area contributed by atoms with E-state index < -0.39 is 12.1 Å². The number of halogens is 3. The molecule has 2 saturated heterocycles. The van der Waals surface area contributed by atoms with Gasteiger partial charge in [0, 0.05) is 56.5 Å². The number of carboxylic acid groups (broad SMARTS) is 1. The number of aromatic nitrogens is 2. The van der Waals surface area contributed by atoms with E-state index in [9.17, 15) is 18.0 Å². The van der Waals surface area contributed by atoms with Gasteiger partial charge in [0.05, 0.1) is 19.4 Å². The van der Waals surface area contributed by atoms with Crippen molar-refractivity contribution in [3.63, 3.8) is 0 Å². The van der Waals surface area contributed by atoms with Crippen molar-refractivity contribution in [2.24, 2.45) is 5.92 Å². The Balaban J connectivity index is 0.000000325. The summed E-state index contributed by atoms with van der Waals surface area (Å²) in [6.07, 6.45) is -0.347. The Morgan fingerprint density at radius 2 is 1.73 bits per heavy atom. The zero-order valence-electron chi connectivity index (χ0n) is 17.6. The molecule has 2 fully saturated rings. The van der Waals surface area contributed by atoms with E-state index in [1.807, 2.05) is 4.90 Å². The van der Waals surface area contributed by atoms with Crippen molar-refractivity contribution in [3.05, 3.63) is 59.7 Å². The molecule has 1 aliphatic carbocycles. The number of nitrogens with zero attached hydrogens (tertiary/aromatic N) is 4. The van der Waals surface area contributed by atoms with Crippen LogP contribution >= 0.6 is 0 Å². The van der Waals surface area contributed by atoms with E-state index in [-0.39, 0.29) is 5.91 Å². The first-order chi connectivity index (χ1) is 15.8. The van der Waals surface area contributed by atoms with Gasteiger partial charge in [-0.15, -0.1) is 0 Å². The van der Waals surface area contributed by atoms with Gasteiger partial charge in [-0.2, -0.15) is 13.2 Å². The third kappa shape index (κ3) is 4.83. The maximum atomic E-state index is 12.9. The van der Waals surface area contributed by atoms with Crippen molar-refractivity contribution in [3.8, 4) is 0 Å². The number of amides is 1. The van der Waals surface area contributed by atoms with E-state index in [1.165, 1.54) is 11.1 Å². The number of benzene rings is 1. The number of hydrogen-bond donors (Lipinski definition) is 1. The Kier molecular flexibility index (Phi) is 6.61. The van der Waals surface area contributed by atoms with Gasteiger partial charge in [-0.25, -0.2) is 9.78 Å². The van der Waals surface area contributed by atoms with Gasteiger partial charge in [0.25, 0.3) is 5.91 Å². The molecule has 1 aromatic heterocycles. The van der Waals surface area contributed by atoms with Gasteiger partial charge in [0.2, 0.25) is 0 Å². The van der Waals surface area contributed by atoms with Gasteiger partial charge in [-0.05, 0) is 11.1 Å². The van der Waals surface area contributed by atoms with Gasteiger partial charge in [0.15, 0.2) is 0 Å². The third-order valence-corrected chi connectivity index (χ3v) is 6.24. The smallest absolute Gasteiger partial charge is 0.475 e. The van der Waals surface area contributed by atoms with Crippen LogP contribution in [0, 0.1) is 5.92 Å². The molecule has 5 rings (SSSR count). The van der Waals surface area contributed by atoms with Crippen LogP contribution in [0.2, 0.25) is 0 Å². The van der Waals surface area contributed by atoms with Crippen LogP contribution in [0.4, 0.5) is 13.2 Å². The molecular formula is C22H23F3N4O4. The molecular weight excluding hydrogens is 441 g/mol. The summed E-state index contributed by atoms with van der Waals surface area (Å²) >= 11 is 0. The summed E-state index contributed by atoms with van der Waals surface area (Å²) in [5.41, 5.74) is 3.28. The highest BCUT2D eigenvalue weighted by Crippen LogP contribution is 2.51. The number of carbonyl (C=O) groups is 2. The molecule has 1 N–H and O–H groups in total. The molecule has 1 aromatic carbocycles. The lowest BCUT2D eigenvalue weighted by Crippen LogP contribution is -2.42. The van der Waals surface area contributed by atoms with Crippen LogP contribution in [0.3, 0.4) is 0 Å². The highest BCUT2D eigenvalue weighted by Gasteiger charge is 2.49. The lowest BCUT2D eigenvalue weighted by molar-refractivity contribution is -0.192. The summed E-state index contributed by atoms with van der Waals surface area (Å²) in [5, 5.41) is 7.12. The Labute approximate surface area is 188 Å². The van der Waals surface area contributed by atoms with Crippen LogP contribution in [-0.4, -0.2) is 82.3 Å². The Morgan fingerprint density at radius 1 is 1.06 bits per heavy atom. The lowest BCUT2D eigenvalue weighted by atomic mass is 9.93. The summed E-state index contributed by atoms with van der Waals surface area (Å²) in [5.74, 6) is -1.93. The fraction of sp³-hybridized carbons (Fsp3) is 0.455. The Hall–Kier alpha value is -3.05. The minimum Gasteiger partial charge on any atom is -0.475 e. The minimum absolute atomic E-state index is 0.00860. The molecule has 3 heterocycles. The molecule has 0 unspecified atom stereocenters. The molecule has 176 valence electrons. The molecule has 3 atom stereocenters. The number of hydrogen-bond acceptors (Lipinski definition) is 6. The van der Waals surface area contributed by atoms with Crippen molar-refractivity contribution in [2.75, 3.05) is 39.4 Å². The number of likely N-dealkylation sites (tertiary alicyclic amines) is 1. The van der Waals surface area contributed by atoms with E-state index >= 15 is 0 Å². The maximum absolute atomic E-state index is 12.9. The highest BCUT2D eigenvalue weighted by molar-refractivity contribution is 5.92. The quantitative estimate of drug-likeness (QED) is 0.729. The minimum atomic E-state index is -5.08. The number of carboxylic acids is 1. The van der Waals surface area contributed by atoms with Crippen molar-refractivity contribution in [1.82, 2.24) is 19.8 Å². The fourth-order valence-electron chi connectivity index (χ4n) is 4.89. The number of fused-ring (bicyclic) bond motifs is 3. The first kappa shape index (κ1) is 23.1. The van der Waals surface area contributed by atoms with Crippen LogP contribution in [0.1, 0.15) is 33.6 Å². The zero-order valence-corrected chi connectivity index (χ0v) is 17.6. The Bertz CT molecular complexity index is 999. The number of carbonyl (C=O) groups excluding carboxylic acids is 1. The van der Waals surface area contributed by atoms with E-state index in [2.05, 4.69) is 39.1 Å². The van der Waals surface area contributed by atoms with Gasteiger partial charge >= 0.3 is 12.1 Å². The topological polar surface area (TPSA) is 95.9 Å². The van der Waals surface area contributed by atoms with Crippen LogP contribution in [0.5, 0.6) is 0 Å². The molecule has 0 bridgehead atoms. The average Bonchev–Trinajstić information content (AvgIpc) is 3.37. The standard InChI is InChI=1S/C20H22N4O2.C2HF3O2/c25-20(18-11-21-5-6-22-18)24-12-16-14-3-1-2-4-15(14)19(17(16)13-24)23-7-9-26-10-8-23;3-2(4,5)1(6)7/h1-6,11,16-17,19H,7-10,12-13H2;(H,6,7)/t16-,17-,19-;/m0./s1. The summed E-state index contributed by atoms with van der Waals surface area (Å²) in [7, 11) is 0. The van der Waals surface area contributed by atoms with Crippen molar-refractivity contribution in [2.45, 2.75) is 18.1 Å². The third-order valence-electron chi connectivity index (χ3n) is 6.24. The second-order valence-corrected chi connectivity index (χ2v) is 8.10. The molecule has 0 radical (unpaired) electrons. The van der Waals surface area contributed by atoms with Crippen molar-refractivity contribution in [1.29, 1.82) is 0 Å². The molecule has 3 aliphatic rings. The zero-order chi connectivity index (χ0) is 23.6. The van der Waals surface area contributed by atoms with Gasteiger partial charge in [-0.1, -0.05) is 24.3 Å². The molecule has 0 spiro atoms. The monoisotopic (exact) mass is 464 g/mol. The molecule has 11 heteroatoms. The first-order valence-corrected chi connectivity index (χ1v) is 10.5. The van der Waals surface area contributed by atoms with Gasteiger partial charge < -0.3 is 14.7 Å². The SMILES string of the molecule is O=C(O)C(F)(F)F.O=C(c1cnccn1)N1C[C@H]2[C@@H](C1)c1ccccc1[C@@H]2N1CCOCC1. The lowest BCUT2D eigenvalue weighted by Gasteiger charge is -2.36. The molecule has 1 amide bonds. The van der Waals surface area contributed by atoms with E-state index in [1.54, 1.807) is 18.6 Å². The molecule has 33 heavy (non-hydrogen) atoms. The van der Waals surface area contributed by atoms with Crippen molar-refractivity contribution < 1.29 is 32.6 Å². The van der Waals surface area contributed by atoms with E-state index in [0.29, 0.717) is 23.6 Å². The summed E-state index contributed by atoms with van der Waals surface area (Å²) in [6, 6.07) is 9.13. The molecule has 8 nitrogen and oxygen atoms in total.